The number of nitrogens with zero attached hydrogens (tertiary/aromatic N) is 4. The molecule has 2 aromatic heterocycles. The highest BCUT2D eigenvalue weighted by Gasteiger charge is 2.24. The summed E-state index contributed by atoms with van der Waals surface area (Å²) in [5.74, 6) is 2.21. The summed E-state index contributed by atoms with van der Waals surface area (Å²) in [5, 5.41) is 15.1. The lowest BCUT2D eigenvalue weighted by Gasteiger charge is -2.24. The van der Waals surface area contributed by atoms with Crippen LogP contribution in [0.2, 0.25) is 0 Å². The summed E-state index contributed by atoms with van der Waals surface area (Å²) in [4.78, 5) is 12.4. The van der Waals surface area contributed by atoms with E-state index in [2.05, 4.69) is 20.7 Å². The molecular formula is C17H17N5O2. The van der Waals surface area contributed by atoms with Crippen molar-refractivity contribution in [3.63, 3.8) is 0 Å². The molecule has 7 nitrogen and oxygen atoms in total. The number of aromatic nitrogens is 4. The van der Waals surface area contributed by atoms with Crippen LogP contribution in [-0.4, -0.2) is 31.9 Å². The number of aryl methyl sites for hydroxylation is 2. The zero-order valence-electron chi connectivity index (χ0n) is 13.3. The van der Waals surface area contributed by atoms with Crippen molar-refractivity contribution in [3.05, 3.63) is 53.7 Å². The predicted molar refractivity (Wildman–Crippen MR) is 86.3 cm³/mol. The van der Waals surface area contributed by atoms with E-state index >= 15 is 0 Å². The number of benzene rings is 1. The summed E-state index contributed by atoms with van der Waals surface area (Å²) in [7, 11) is 0. The van der Waals surface area contributed by atoms with Gasteiger partial charge in [-0.15, -0.1) is 10.2 Å². The fourth-order valence-corrected chi connectivity index (χ4v) is 2.96. The second-order valence-electron chi connectivity index (χ2n) is 5.93. The van der Waals surface area contributed by atoms with E-state index in [0.29, 0.717) is 18.0 Å². The maximum Gasteiger partial charge on any atom is 0.273 e. The van der Waals surface area contributed by atoms with Gasteiger partial charge < -0.3 is 14.4 Å². The summed E-state index contributed by atoms with van der Waals surface area (Å²) < 4.78 is 7.34. The Labute approximate surface area is 138 Å². The van der Waals surface area contributed by atoms with E-state index in [-0.39, 0.29) is 11.9 Å². The maximum atomic E-state index is 12.4. The third-order valence-electron chi connectivity index (χ3n) is 4.27. The summed E-state index contributed by atoms with van der Waals surface area (Å²) >= 11 is 0. The van der Waals surface area contributed by atoms with E-state index < -0.39 is 0 Å². The number of fused-ring (bicyclic) bond motifs is 1. The Balaban J connectivity index is 1.46. The molecule has 4 rings (SSSR count). The minimum Gasteiger partial charge on any atom is -0.355 e. The molecule has 3 aromatic rings. The van der Waals surface area contributed by atoms with Crippen molar-refractivity contribution in [2.45, 2.75) is 32.4 Å². The highest BCUT2D eigenvalue weighted by Crippen LogP contribution is 2.20. The van der Waals surface area contributed by atoms with E-state index in [1.54, 1.807) is 6.07 Å². The monoisotopic (exact) mass is 323 g/mol. The Morgan fingerprint density at radius 1 is 1.29 bits per heavy atom. The molecule has 1 aliphatic heterocycles. The number of nitrogens with one attached hydrogen (secondary N) is 1. The number of rotatable bonds is 3. The lowest BCUT2D eigenvalue weighted by atomic mass is 10.1. The first-order valence-corrected chi connectivity index (χ1v) is 7.92. The number of amides is 1. The van der Waals surface area contributed by atoms with Crippen LogP contribution in [0.5, 0.6) is 0 Å². The van der Waals surface area contributed by atoms with Gasteiger partial charge in [-0.2, -0.15) is 0 Å². The van der Waals surface area contributed by atoms with Crippen LogP contribution in [0.25, 0.3) is 11.3 Å². The first kappa shape index (κ1) is 14.6. The van der Waals surface area contributed by atoms with Crippen LogP contribution < -0.4 is 5.32 Å². The second-order valence-corrected chi connectivity index (χ2v) is 5.93. The van der Waals surface area contributed by atoms with Crippen LogP contribution in [0.1, 0.15) is 28.6 Å². The molecule has 3 heterocycles. The van der Waals surface area contributed by atoms with Crippen molar-refractivity contribution in [2.24, 2.45) is 0 Å². The molecule has 0 spiro atoms. The van der Waals surface area contributed by atoms with Gasteiger partial charge in [-0.05, 0) is 13.3 Å². The Kier molecular flexibility index (Phi) is 3.60. The molecule has 0 radical (unpaired) electrons. The predicted octanol–water partition coefficient (Wildman–Crippen LogP) is 1.99. The zero-order valence-corrected chi connectivity index (χ0v) is 13.3. The molecule has 7 heteroatoms. The zero-order chi connectivity index (χ0) is 16.5. The van der Waals surface area contributed by atoms with Gasteiger partial charge in [-0.3, -0.25) is 4.79 Å². The molecule has 1 aromatic carbocycles. The number of hydrogen-bond acceptors (Lipinski definition) is 5. The molecule has 0 aliphatic carbocycles. The van der Waals surface area contributed by atoms with Crippen LogP contribution in [0.3, 0.4) is 0 Å². The van der Waals surface area contributed by atoms with Crippen molar-refractivity contribution < 1.29 is 9.32 Å². The Hall–Kier alpha value is -2.96. The molecule has 24 heavy (non-hydrogen) atoms. The average molecular weight is 323 g/mol. The lowest BCUT2D eigenvalue weighted by Crippen LogP contribution is -2.41. The molecule has 1 atom stereocenters. The Morgan fingerprint density at radius 2 is 2.12 bits per heavy atom. The molecule has 0 unspecified atom stereocenters. The van der Waals surface area contributed by atoms with Crippen LogP contribution in [0.4, 0.5) is 0 Å². The Bertz CT molecular complexity index is 868. The normalized spacial score (nSPS) is 16.6. The van der Waals surface area contributed by atoms with Crippen molar-refractivity contribution >= 4 is 5.91 Å². The van der Waals surface area contributed by atoms with Crippen LogP contribution in [0.15, 0.2) is 40.9 Å². The van der Waals surface area contributed by atoms with E-state index in [4.69, 9.17) is 4.52 Å². The van der Waals surface area contributed by atoms with Gasteiger partial charge in [0.25, 0.3) is 5.91 Å². The van der Waals surface area contributed by atoms with Gasteiger partial charge in [-0.25, -0.2) is 0 Å². The number of carbonyl (C=O) groups excluding carboxylic acids is 1. The van der Waals surface area contributed by atoms with Crippen LogP contribution in [0, 0.1) is 6.92 Å². The second kappa shape index (κ2) is 5.92. The minimum atomic E-state index is -0.222. The highest BCUT2D eigenvalue weighted by atomic mass is 16.5. The first-order valence-electron chi connectivity index (χ1n) is 7.92. The smallest absolute Gasteiger partial charge is 0.273 e. The summed E-state index contributed by atoms with van der Waals surface area (Å²) in [6, 6.07) is 11.3. The molecule has 1 aliphatic rings. The number of carbonyl (C=O) groups is 1. The third-order valence-corrected chi connectivity index (χ3v) is 4.27. The fraction of sp³-hybridized carbons (Fsp3) is 0.294. The van der Waals surface area contributed by atoms with Gasteiger partial charge in [-0.1, -0.05) is 35.5 Å². The van der Waals surface area contributed by atoms with E-state index in [0.717, 1.165) is 30.1 Å². The van der Waals surface area contributed by atoms with Crippen molar-refractivity contribution in [1.29, 1.82) is 0 Å². The molecule has 122 valence electrons. The molecule has 1 N–H and O–H groups in total. The van der Waals surface area contributed by atoms with Gasteiger partial charge >= 0.3 is 0 Å². The minimum absolute atomic E-state index is 0.0385. The molecule has 0 saturated carbocycles. The maximum absolute atomic E-state index is 12.4. The number of hydrogen-bond donors (Lipinski definition) is 1. The first-order chi connectivity index (χ1) is 11.7. The van der Waals surface area contributed by atoms with Crippen molar-refractivity contribution in [3.8, 4) is 11.3 Å². The van der Waals surface area contributed by atoms with Crippen LogP contribution >= 0.6 is 0 Å². The van der Waals surface area contributed by atoms with E-state index in [9.17, 15) is 4.79 Å². The van der Waals surface area contributed by atoms with E-state index in [1.165, 1.54) is 0 Å². The summed E-state index contributed by atoms with van der Waals surface area (Å²) in [5.41, 5.74) is 1.19. The van der Waals surface area contributed by atoms with Gasteiger partial charge in [0, 0.05) is 30.6 Å². The van der Waals surface area contributed by atoms with Gasteiger partial charge in [0.05, 0.1) is 0 Å². The van der Waals surface area contributed by atoms with Crippen molar-refractivity contribution in [1.82, 2.24) is 25.2 Å². The van der Waals surface area contributed by atoms with Gasteiger partial charge in [0.1, 0.15) is 11.6 Å². The molecule has 0 bridgehead atoms. The standard InChI is InChI=1S/C17H17N5O2/c1-11-19-20-16-8-7-13(10-22(11)16)18-17(23)14-9-15(24-21-14)12-5-3-2-4-6-12/h2-6,9,13H,7-8,10H2,1H3,(H,18,23)/t13-/m1/s1. The van der Waals surface area contributed by atoms with Crippen LogP contribution in [-0.2, 0) is 13.0 Å². The fourth-order valence-electron chi connectivity index (χ4n) is 2.96. The van der Waals surface area contributed by atoms with Gasteiger partial charge in [0.2, 0.25) is 0 Å². The summed E-state index contributed by atoms with van der Waals surface area (Å²) in [6.07, 6.45) is 1.65. The molecule has 0 fully saturated rings. The topological polar surface area (TPSA) is 85.8 Å². The lowest BCUT2D eigenvalue weighted by molar-refractivity contribution is 0.0918. The molecule has 0 saturated heterocycles. The molecule has 1 amide bonds. The van der Waals surface area contributed by atoms with Gasteiger partial charge in [0.15, 0.2) is 11.5 Å². The molecular weight excluding hydrogens is 306 g/mol. The largest absolute Gasteiger partial charge is 0.355 e. The average Bonchev–Trinajstić information content (AvgIpc) is 3.24. The quantitative estimate of drug-likeness (QED) is 0.796. The van der Waals surface area contributed by atoms with E-state index in [1.807, 2.05) is 41.8 Å². The third kappa shape index (κ3) is 2.68. The van der Waals surface area contributed by atoms with Crippen molar-refractivity contribution in [2.75, 3.05) is 0 Å². The highest BCUT2D eigenvalue weighted by molar-refractivity contribution is 5.93. The summed E-state index contributed by atoms with van der Waals surface area (Å²) in [6.45, 7) is 2.60. The Morgan fingerprint density at radius 3 is 2.96 bits per heavy atom. The SMILES string of the molecule is Cc1nnc2n1C[C@H](NC(=O)c1cc(-c3ccccc3)on1)CC2.